The summed E-state index contributed by atoms with van der Waals surface area (Å²) in [5, 5.41) is 9.99. The summed E-state index contributed by atoms with van der Waals surface area (Å²) in [7, 11) is 0. The van der Waals surface area contributed by atoms with Gasteiger partial charge in [-0.2, -0.15) is 0 Å². The van der Waals surface area contributed by atoms with Crippen molar-refractivity contribution >= 4 is 22.7 Å². The number of pyridine rings is 1. The fourth-order valence-corrected chi connectivity index (χ4v) is 2.71. The molecule has 84 valence electrons. The van der Waals surface area contributed by atoms with Crippen LogP contribution >= 0.6 is 11.8 Å². The molecule has 1 N–H and O–H groups in total. The Bertz CT molecular complexity index is 484. The maximum Gasteiger partial charge on any atom is 0.0716 e. The lowest BCUT2D eigenvalue weighted by molar-refractivity contribution is 0.296. The molecule has 0 saturated heterocycles. The zero-order chi connectivity index (χ0) is 11.4. The van der Waals surface area contributed by atoms with Crippen LogP contribution in [0.15, 0.2) is 35.2 Å². The molecule has 0 spiro atoms. The van der Waals surface area contributed by atoms with Gasteiger partial charge in [-0.15, -0.1) is 11.8 Å². The van der Waals surface area contributed by atoms with Gasteiger partial charge >= 0.3 is 0 Å². The summed E-state index contributed by atoms with van der Waals surface area (Å²) in [5.74, 6) is 0.948. The van der Waals surface area contributed by atoms with Crippen molar-refractivity contribution in [3.63, 3.8) is 0 Å². The van der Waals surface area contributed by atoms with Crippen LogP contribution < -0.4 is 0 Å². The molecule has 2 nitrogen and oxygen atoms in total. The predicted molar refractivity (Wildman–Crippen MR) is 68.9 cm³/mol. The summed E-state index contributed by atoms with van der Waals surface area (Å²) in [4.78, 5) is 5.76. The molecular weight excluding hydrogens is 218 g/mol. The maximum atomic E-state index is 8.79. The number of benzene rings is 1. The second kappa shape index (κ2) is 5.32. The summed E-state index contributed by atoms with van der Waals surface area (Å²) in [6.45, 7) is 2.28. The van der Waals surface area contributed by atoms with Crippen LogP contribution in [-0.2, 0) is 0 Å². The van der Waals surface area contributed by atoms with E-state index in [1.807, 2.05) is 25.1 Å². The Labute approximate surface area is 99.7 Å². The molecule has 16 heavy (non-hydrogen) atoms. The number of hydrogen-bond donors (Lipinski definition) is 1. The molecule has 3 heteroatoms. The lowest BCUT2D eigenvalue weighted by Crippen LogP contribution is -1.89. The van der Waals surface area contributed by atoms with Crippen LogP contribution in [0, 0.1) is 6.92 Å². The highest BCUT2D eigenvalue weighted by Gasteiger charge is 2.03. The van der Waals surface area contributed by atoms with Crippen molar-refractivity contribution in [3.8, 4) is 0 Å². The molecule has 1 aromatic carbocycles. The molecule has 0 aliphatic heterocycles. The standard InChI is InChI=1S/C13H15NOS/c1-10-9-13(16-8-4-7-15)11-5-2-3-6-12(11)14-10/h2-3,5-6,9,15H,4,7-8H2,1H3. The van der Waals surface area contributed by atoms with E-state index in [4.69, 9.17) is 5.11 Å². The molecule has 0 saturated carbocycles. The molecule has 1 aromatic heterocycles. The highest BCUT2D eigenvalue weighted by molar-refractivity contribution is 7.99. The van der Waals surface area contributed by atoms with E-state index in [2.05, 4.69) is 17.1 Å². The molecule has 0 bridgehead atoms. The maximum absolute atomic E-state index is 8.79. The molecular formula is C13H15NOS. The second-order valence-electron chi connectivity index (χ2n) is 3.70. The molecule has 0 unspecified atom stereocenters. The smallest absolute Gasteiger partial charge is 0.0716 e. The summed E-state index contributed by atoms with van der Waals surface area (Å²) >= 11 is 1.79. The van der Waals surface area contributed by atoms with Crippen LogP contribution in [0.2, 0.25) is 0 Å². The first-order valence-corrected chi connectivity index (χ1v) is 6.40. The minimum absolute atomic E-state index is 0.259. The Morgan fingerprint density at radius 1 is 1.31 bits per heavy atom. The molecule has 0 aliphatic rings. The van der Waals surface area contributed by atoms with Gasteiger partial charge in [0.15, 0.2) is 0 Å². The van der Waals surface area contributed by atoms with Crippen LogP contribution in [0.25, 0.3) is 10.9 Å². The van der Waals surface area contributed by atoms with Crippen LogP contribution in [0.1, 0.15) is 12.1 Å². The van der Waals surface area contributed by atoms with E-state index < -0.39 is 0 Å². The second-order valence-corrected chi connectivity index (χ2v) is 4.84. The normalized spacial score (nSPS) is 10.9. The molecule has 0 atom stereocenters. The van der Waals surface area contributed by atoms with Crippen LogP contribution in [0.5, 0.6) is 0 Å². The number of aliphatic hydroxyl groups excluding tert-OH is 1. The van der Waals surface area contributed by atoms with E-state index >= 15 is 0 Å². The summed E-state index contributed by atoms with van der Waals surface area (Å²) in [6, 6.07) is 10.3. The number of nitrogens with zero attached hydrogens (tertiary/aromatic N) is 1. The van der Waals surface area contributed by atoms with E-state index in [0.29, 0.717) is 0 Å². The fourth-order valence-electron chi connectivity index (χ4n) is 1.64. The van der Waals surface area contributed by atoms with Crippen molar-refractivity contribution < 1.29 is 5.11 Å². The summed E-state index contributed by atoms with van der Waals surface area (Å²) in [6.07, 6.45) is 0.834. The van der Waals surface area contributed by atoms with Crippen molar-refractivity contribution in [2.75, 3.05) is 12.4 Å². The Hall–Kier alpha value is -1.06. The largest absolute Gasteiger partial charge is 0.396 e. The molecule has 2 aromatic rings. The first-order valence-electron chi connectivity index (χ1n) is 5.41. The average Bonchev–Trinajstić information content (AvgIpc) is 2.29. The molecule has 0 amide bonds. The van der Waals surface area contributed by atoms with Gasteiger partial charge in [0, 0.05) is 28.3 Å². The van der Waals surface area contributed by atoms with Crippen molar-refractivity contribution in [3.05, 3.63) is 36.0 Å². The van der Waals surface area contributed by atoms with E-state index in [1.165, 1.54) is 10.3 Å². The number of aliphatic hydroxyl groups is 1. The predicted octanol–water partition coefficient (Wildman–Crippen LogP) is 3.02. The van der Waals surface area contributed by atoms with Crippen LogP contribution in [-0.4, -0.2) is 22.5 Å². The van der Waals surface area contributed by atoms with Crippen molar-refractivity contribution in [1.29, 1.82) is 0 Å². The first kappa shape index (κ1) is 11.4. The van der Waals surface area contributed by atoms with E-state index in [9.17, 15) is 0 Å². The quantitative estimate of drug-likeness (QED) is 0.651. The molecule has 0 aliphatic carbocycles. The number of thioether (sulfide) groups is 1. The monoisotopic (exact) mass is 233 g/mol. The number of fused-ring (bicyclic) bond motifs is 1. The Balaban J connectivity index is 2.34. The Morgan fingerprint density at radius 2 is 2.12 bits per heavy atom. The molecule has 2 rings (SSSR count). The van der Waals surface area contributed by atoms with Gasteiger partial charge in [-0.05, 0) is 25.5 Å². The van der Waals surface area contributed by atoms with Crippen molar-refractivity contribution in [2.24, 2.45) is 0 Å². The lowest BCUT2D eigenvalue weighted by atomic mass is 10.2. The van der Waals surface area contributed by atoms with Gasteiger partial charge in [0.25, 0.3) is 0 Å². The number of rotatable bonds is 4. The van der Waals surface area contributed by atoms with Gasteiger partial charge in [-0.1, -0.05) is 18.2 Å². The van der Waals surface area contributed by atoms with Gasteiger partial charge in [-0.25, -0.2) is 0 Å². The van der Waals surface area contributed by atoms with E-state index in [1.54, 1.807) is 11.8 Å². The third-order valence-electron chi connectivity index (χ3n) is 2.37. The SMILES string of the molecule is Cc1cc(SCCCO)c2ccccc2n1. The average molecular weight is 233 g/mol. The van der Waals surface area contributed by atoms with Gasteiger partial charge in [0.1, 0.15) is 0 Å². The van der Waals surface area contributed by atoms with E-state index in [-0.39, 0.29) is 6.61 Å². The van der Waals surface area contributed by atoms with Crippen molar-refractivity contribution in [1.82, 2.24) is 4.98 Å². The Morgan fingerprint density at radius 3 is 2.94 bits per heavy atom. The molecule has 0 radical (unpaired) electrons. The summed E-state index contributed by atoms with van der Waals surface area (Å²) < 4.78 is 0. The van der Waals surface area contributed by atoms with Crippen molar-refractivity contribution in [2.45, 2.75) is 18.2 Å². The zero-order valence-corrected chi connectivity index (χ0v) is 10.1. The first-order chi connectivity index (χ1) is 7.81. The minimum Gasteiger partial charge on any atom is -0.396 e. The van der Waals surface area contributed by atoms with Gasteiger partial charge in [0.2, 0.25) is 0 Å². The third-order valence-corrected chi connectivity index (χ3v) is 3.51. The number of para-hydroxylation sites is 1. The zero-order valence-electron chi connectivity index (χ0n) is 9.31. The van der Waals surface area contributed by atoms with Crippen LogP contribution in [0.3, 0.4) is 0 Å². The molecule has 1 heterocycles. The number of aromatic nitrogens is 1. The highest BCUT2D eigenvalue weighted by atomic mass is 32.2. The number of hydrogen-bond acceptors (Lipinski definition) is 3. The van der Waals surface area contributed by atoms with Gasteiger partial charge in [-0.3, -0.25) is 4.98 Å². The van der Waals surface area contributed by atoms with Crippen LogP contribution in [0.4, 0.5) is 0 Å². The van der Waals surface area contributed by atoms with E-state index in [0.717, 1.165) is 23.4 Å². The summed E-state index contributed by atoms with van der Waals surface area (Å²) in [5.41, 5.74) is 2.10. The lowest BCUT2D eigenvalue weighted by Gasteiger charge is -2.06. The topological polar surface area (TPSA) is 33.1 Å². The highest BCUT2D eigenvalue weighted by Crippen LogP contribution is 2.27. The van der Waals surface area contributed by atoms with Gasteiger partial charge in [0.05, 0.1) is 5.52 Å². The third kappa shape index (κ3) is 2.54. The Kier molecular flexibility index (Phi) is 3.80. The minimum atomic E-state index is 0.259. The number of aryl methyl sites for hydroxylation is 1. The van der Waals surface area contributed by atoms with Gasteiger partial charge < -0.3 is 5.11 Å². The fraction of sp³-hybridized carbons (Fsp3) is 0.308. The molecule has 0 fully saturated rings.